The molecule has 0 spiro atoms. The van der Waals surface area contributed by atoms with Crippen LogP contribution in [-0.4, -0.2) is 64.3 Å². The Kier molecular flexibility index (Phi) is 14.4. The van der Waals surface area contributed by atoms with Crippen molar-refractivity contribution in [3.8, 4) is 0 Å². The van der Waals surface area contributed by atoms with E-state index >= 15 is 0 Å². The summed E-state index contributed by atoms with van der Waals surface area (Å²) in [6.45, 7) is 10.1. The van der Waals surface area contributed by atoms with E-state index in [4.69, 9.17) is 4.74 Å². The number of hydrogen-bond donors (Lipinski definition) is 2. The van der Waals surface area contributed by atoms with Crippen molar-refractivity contribution in [1.29, 1.82) is 0 Å². The molecule has 0 amide bonds. The van der Waals surface area contributed by atoms with Gasteiger partial charge in [-0.15, -0.1) is 24.0 Å². The van der Waals surface area contributed by atoms with Gasteiger partial charge in [-0.25, -0.2) is 0 Å². The maximum Gasteiger partial charge on any atom is 0.191 e. The van der Waals surface area contributed by atoms with Crippen molar-refractivity contribution in [2.45, 2.75) is 26.8 Å². The predicted molar refractivity (Wildman–Crippen MR) is 93.6 cm³/mol. The highest BCUT2D eigenvalue weighted by molar-refractivity contribution is 14.0. The molecule has 0 aromatic heterocycles. The second kappa shape index (κ2) is 12.9. The van der Waals surface area contributed by atoms with Crippen molar-refractivity contribution in [2.75, 3.05) is 47.4 Å². The van der Waals surface area contributed by atoms with Crippen LogP contribution in [0.5, 0.6) is 0 Å². The third-order valence-electron chi connectivity index (χ3n) is 3.05. The number of hydrogen-bond acceptors (Lipinski definition) is 3. The van der Waals surface area contributed by atoms with Crippen molar-refractivity contribution < 1.29 is 4.74 Å². The molecule has 1 unspecified atom stereocenters. The molecule has 0 heterocycles. The van der Waals surface area contributed by atoms with Gasteiger partial charge in [-0.2, -0.15) is 0 Å². The van der Waals surface area contributed by atoms with Gasteiger partial charge in [0, 0.05) is 39.8 Å². The van der Waals surface area contributed by atoms with Gasteiger partial charge in [0.15, 0.2) is 5.96 Å². The molecule has 0 radical (unpaired) electrons. The fourth-order valence-electron chi connectivity index (χ4n) is 1.30. The van der Waals surface area contributed by atoms with E-state index in [0.717, 1.165) is 32.2 Å². The molecule has 0 aromatic carbocycles. The second-order valence-electron chi connectivity index (χ2n) is 4.97. The van der Waals surface area contributed by atoms with Crippen LogP contribution >= 0.6 is 24.0 Å². The molecule has 0 aliphatic heterocycles. The van der Waals surface area contributed by atoms with Crippen molar-refractivity contribution >= 4 is 29.9 Å². The first kappa shape index (κ1) is 21.2. The van der Waals surface area contributed by atoms with E-state index in [1.165, 1.54) is 0 Å². The van der Waals surface area contributed by atoms with Crippen LogP contribution in [0.4, 0.5) is 0 Å². The first-order valence-electron chi connectivity index (χ1n) is 6.66. The van der Waals surface area contributed by atoms with Gasteiger partial charge < -0.3 is 20.3 Å². The minimum Gasteiger partial charge on any atom is -0.383 e. The van der Waals surface area contributed by atoms with Gasteiger partial charge in [-0.3, -0.25) is 4.99 Å². The molecular formula is C13H31IN4O. The van der Waals surface area contributed by atoms with Crippen LogP contribution in [0, 0.1) is 5.92 Å². The molecule has 0 aromatic rings. The molecule has 116 valence electrons. The van der Waals surface area contributed by atoms with E-state index in [0.29, 0.717) is 12.0 Å². The van der Waals surface area contributed by atoms with Crippen LogP contribution in [0.25, 0.3) is 0 Å². The number of nitrogens with zero attached hydrogens (tertiary/aromatic N) is 2. The van der Waals surface area contributed by atoms with Crippen molar-refractivity contribution in [3.05, 3.63) is 0 Å². The van der Waals surface area contributed by atoms with Gasteiger partial charge in [0.2, 0.25) is 0 Å². The Bertz CT molecular complexity index is 237. The summed E-state index contributed by atoms with van der Waals surface area (Å²) >= 11 is 0. The Morgan fingerprint density at radius 2 is 1.89 bits per heavy atom. The lowest BCUT2D eigenvalue weighted by Gasteiger charge is -2.22. The summed E-state index contributed by atoms with van der Waals surface area (Å²) in [6, 6.07) is 0.419. The van der Waals surface area contributed by atoms with E-state index in [-0.39, 0.29) is 24.0 Å². The summed E-state index contributed by atoms with van der Waals surface area (Å²) < 4.78 is 5.04. The summed E-state index contributed by atoms with van der Waals surface area (Å²) in [5, 5.41) is 6.70. The zero-order chi connectivity index (χ0) is 14.0. The highest BCUT2D eigenvalue weighted by Crippen LogP contribution is 1.98. The normalized spacial score (nSPS) is 13.4. The van der Waals surface area contributed by atoms with E-state index in [9.17, 15) is 0 Å². The van der Waals surface area contributed by atoms with Gasteiger partial charge >= 0.3 is 0 Å². The average molecular weight is 386 g/mol. The first-order chi connectivity index (χ1) is 8.51. The first-order valence-corrected chi connectivity index (χ1v) is 6.66. The molecule has 5 nitrogen and oxygen atoms in total. The standard InChI is InChI=1S/C13H30N4O.HI/c1-11(2)12(3)16-13(14-4)15-7-8-17(5)9-10-18-6;/h11-12H,7-10H2,1-6H3,(H2,14,15,16);1H. The Hall–Kier alpha value is -0.0800. The number of aliphatic imine (C=N–C) groups is 1. The molecule has 0 saturated carbocycles. The number of ether oxygens (including phenoxy) is 1. The fourth-order valence-corrected chi connectivity index (χ4v) is 1.30. The van der Waals surface area contributed by atoms with Gasteiger partial charge in [-0.1, -0.05) is 13.8 Å². The monoisotopic (exact) mass is 386 g/mol. The number of nitrogens with one attached hydrogen (secondary N) is 2. The average Bonchev–Trinajstić information content (AvgIpc) is 2.34. The lowest BCUT2D eigenvalue weighted by Crippen LogP contribution is -2.46. The van der Waals surface area contributed by atoms with Crippen molar-refractivity contribution in [2.24, 2.45) is 10.9 Å². The number of rotatable bonds is 8. The van der Waals surface area contributed by atoms with Gasteiger partial charge in [0.05, 0.1) is 6.61 Å². The molecule has 6 heteroatoms. The van der Waals surface area contributed by atoms with Crippen LogP contribution in [0.2, 0.25) is 0 Å². The van der Waals surface area contributed by atoms with E-state index in [1.54, 1.807) is 14.2 Å². The lowest BCUT2D eigenvalue weighted by molar-refractivity contribution is 0.162. The molecule has 2 N–H and O–H groups in total. The second-order valence-corrected chi connectivity index (χ2v) is 4.97. The van der Waals surface area contributed by atoms with Crippen molar-refractivity contribution in [1.82, 2.24) is 15.5 Å². The summed E-state index contributed by atoms with van der Waals surface area (Å²) in [5.41, 5.74) is 0. The molecule has 0 bridgehead atoms. The Labute approximate surface area is 135 Å². The maximum absolute atomic E-state index is 5.04. The molecule has 0 rings (SSSR count). The van der Waals surface area contributed by atoms with Gasteiger partial charge in [0.25, 0.3) is 0 Å². The quantitative estimate of drug-likeness (QED) is 0.376. The predicted octanol–water partition coefficient (Wildman–Crippen LogP) is 1.39. The Morgan fingerprint density at radius 3 is 2.37 bits per heavy atom. The highest BCUT2D eigenvalue weighted by Gasteiger charge is 2.08. The minimum atomic E-state index is 0. The molecule has 0 aliphatic rings. The van der Waals surface area contributed by atoms with Gasteiger partial charge in [0.1, 0.15) is 0 Å². The Balaban J connectivity index is 0. The van der Waals surface area contributed by atoms with Crippen LogP contribution in [0.1, 0.15) is 20.8 Å². The fraction of sp³-hybridized carbons (Fsp3) is 0.923. The molecule has 1 atom stereocenters. The Morgan fingerprint density at radius 1 is 1.26 bits per heavy atom. The van der Waals surface area contributed by atoms with E-state index < -0.39 is 0 Å². The van der Waals surface area contributed by atoms with E-state index in [1.807, 2.05) is 0 Å². The zero-order valence-electron chi connectivity index (χ0n) is 13.2. The SMILES string of the molecule is CN=C(NCCN(C)CCOC)NC(C)C(C)C.I. The third-order valence-corrected chi connectivity index (χ3v) is 3.05. The molecule has 0 aliphatic carbocycles. The number of methoxy groups -OCH3 is 1. The minimum absolute atomic E-state index is 0. The summed E-state index contributed by atoms with van der Waals surface area (Å²) in [4.78, 5) is 6.45. The maximum atomic E-state index is 5.04. The zero-order valence-corrected chi connectivity index (χ0v) is 15.5. The van der Waals surface area contributed by atoms with Crippen LogP contribution in [0.15, 0.2) is 4.99 Å². The number of guanidine groups is 1. The van der Waals surface area contributed by atoms with Crippen LogP contribution in [0.3, 0.4) is 0 Å². The number of likely N-dealkylation sites (N-methyl/N-ethyl adjacent to an activating group) is 1. The van der Waals surface area contributed by atoms with Gasteiger partial charge in [-0.05, 0) is 19.9 Å². The topological polar surface area (TPSA) is 48.9 Å². The number of halogens is 1. The van der Waals surface area contributed by atoms with Crippen LogP contribution in [-0.2, 0) is 4.74 Å². The smallest absolute Gasteiger partial charge is 0.191 e. The summed E-state index contributed by atoms with van der Waals surface area (Å²) in [7, 11) is 5.62. The largest absolute Gasteiger partial charge is 0.383 e. The third kappa shape index (κ3) is 11.4. The summed E-state index contributed by atoms with van der Waals surface area (Å²) in [5.74, 6) is 1.46. The molecule has 19 heavy (non-hydrogen) atoms. The summed E-state index contributed by atoms with van der Waals surface area (Å²) in [6.07, 6.45) is 0. The van der Waals surface area contributed by atoms with Crippen LogP contribution < -0.4 is 10.6 Å². The highest BCUT2D eigenvalue weighted by atomic mass is 127. The van der Waals surface area contributed by atoms with Crippen molar-refractivity contribution in [3.63, 3.8) is 0 Å². The molecule has 0 saturated heterocycles. The molecular weight excluding hydrogens is 355 g/mol. The lowest BCUT2D eigenvalue weighted by atomic mass is 10.1. The van der Waals surface area contributed by atoms with E-state index in [2.05, 4.69) is 48.3 Å². The molecule has 0 fully saturated rings.